The second-order valence-electron chi connectivity index (χ2n) is 4.61. The summed E-state index contributed by atoms with van der Waals surface area (Å²) >= 11 is 0. The highest BCUT2D eigenvalue weighted by Crippen LogP contribution is 2.30. The van der Waals surface area contributed by atoms with Gasteiger partial charge in [0.15, 0.2) is 5.75 Å². The predicted octanol–water partition coefficient (Wildman–Crippen LogP) is 1.93. The molecule has 1 fully saturated rings. The molecule has 0 saturated heterocycles. The lowest BCUT2D eigenvalue weighted by molar-refractivity contribution is -0.386. The van der Waals surface area contributed by atoms with Gasteiger partial charge in [0, 0.05) is 11.6 Å². The summed E-state index contributed by atoms with van der Waals surface area (Å²) in [5.74, 6) is 0.211. The van der Waals surface area contributed by atoms with Gasteiger partial charge in [-0.2, -0.15) is 5.26 Å². The van der Waals surface area contributed by atoms with Crippen LogP contribution in [0, 0.1) is 28.4 Å². The Balaban J connectivity index is 2.04. The second-order valence-corrected chi connectivity index (χ2v) is 4.61. The molecule has 2 rings (SSSR count). The Bertz CT molecular complexity index is 520. The number of para-hydroxylation sites is 1. The van der Waals surface area contributed by atoms with Crippen molar-refractivity contribution in [2.75, 3.05) is 6.61 Å². The third kappa shape index (κ3) is 3.42. The van der Waals surface area contributed by atoms with E-state index < -0.39 is 11.0 Å². The van der Waals surface area contributed by atoms with Crippen molar-refractivity contribution < 1.29 is 9.66 Å². The molecule has 1 aromatic carbocycles. The molecule has 1 unspecified atom stereocenters. The first-order valence-corrected chi connectivity index (χ1v) is 6.14. The van der Waals surface area contributed by atoms with Gasteiger partial charge in [0.2, 0.25) is 0 Å². The molecule has 1 aliphatic rings. The van der Waals surface area contributed by atoms with E-state index >= 15 is 0 Å². The predicted molar refractivity (Wildman–Crippen MR) is 68.9 cm³/mol. The van der Waals surface area contributed by atoms with Gasteiger partial charge in [-0.3, -0.25) is 15.4 Å². The summed E-state index contributed by atoms with van der Waals surface area (Å²) in [7, 11) is 0. The third-order valence-electron chi connectivity index (χ3n) is 2.96. The quantitative estimate of drug-likeness (QED) is 0.624. The molecule has 100 valence electrons. The second kappa shape index (κ2) is 5.67. The van der Waals surface area contributed by atoms with E-state index in [0.29, 0.717) is 11.6 Å². The van der Waals surface area contributed by atoms with Crippen LogP contribution >= 0.6 is 0 Å². The van der Waals surface area contributed by atoms with Crippen molar-refractivity contribution in [3.05, 3.63) is 33.9 Å². The van der Waals surface area contributed by atoms with Crippen molar-refractivity contribution in [1.29, 1.82) is 5.26 Å². The van der Waals surface area contributed by atoms with Gasteiger partial charge in [0.05, 0.1) is 11.0 Å². The van der Waals surface area contributed by atoms with Crippen LogP contribution in [0.3, 0.4) is 0 Å². The number of benzene rings is 1. The molecule has 1 saturated carbocycles. The summed E-state index contributed by atoms with van der Waals surface area (Å²) in [6.45, 7) is 1.77. The van der Waals surface area contributed by atoms with Crippen LogP contribution in [0.2, 0.25) is 0 Å². The normalized spacial score (nSPS) is 15.6. The number of hydrogen-bond acceptors (Lipinski definition) is 5. The van der Waals surface area contributed by atoms with Crippen LogP contribution in [0.4, 0.5) is 5.69 Å². The smallest absolute Gasteiger partial charge is 0.313 e. The Morgan fingerprint density at radius 3 is 2.95 bits per heavy atom. The molecule has 1 atom stereocenters. The molecule has 6 nitrogen and oxygen atoms in total. The van der Waals surface area contributed by atoms with Crippen molar-refractivity contribution >= 4 is 5.69 Å². The fourth-order valence-electron chi connectivity index (χ4n) is 1.81. The van der Waals surface area contributed by atoms with Crippen molar-refractivity contribution in [2.45, 2.75) is 31.8 Å². The topological polar surface area (TPSA) is 88.2 Å². The first-order valence-electron chi connectivity index (χ1n) is 6.14. The van der Waals surface area contributed by atoms with E-state index in [1.54, 1.807) is 25.1 Å². The van der Waals surface area contributed by atoms with E-state index in [2.05, 4.69) is 11.4 Å². The standard InChI is InChI=1S/C13H15N3O3/c1-9-3-2-4-12(13(9)16(17)18)19-8-11(7-14)15-10-5-6-10/h2-4,10-11,15H,5-6,8H2,1H3. The average Bonchev–Trinajstić information content (AvgIpc) is 3.17. The molecule has 19 heavy (non-hydrogen) atoms. The molecular weight excluding hydrogens is 246 g/mol. The van der Waals surface area contributed by atoms with Gasteiger partial charge in [-0.05, 0) is 25.8 Å². The maximum Gasteiger partial charge on any atom is 0.313 e. The minimum absolute atomic E-state index is 0.0365. The number of hydrogen-bond donors (Lipinski definition) is 1. The number of nitro groups is 1. The van der Waals surface area contributed by atoms with Crippen molar-refractivity contribution in [3.63, 3.8) is 0 Å². The van der Waals surface area contributed by atoms with E-state index in [1.807, 2.05) is 0 Å². The first-order chi connectivity index (χ1) is 9.11. The average molecular weight is 261 g/mol. The molecular formula is C13H15N3O3. The van der Waals surface area contributed by atoms with Crippen molar-refractivity contribution in [3.8, 4) is 11.8 Å². The molecule has 6 heteroatoms. The SMILES string of the molecule is Cc1cccc(OCC(C#N)NC2CC2)c1[N+](=O)[O-]. The van der Waals surface area contributed by atoms with Crippen LogP contribution < -0.4 is 10.1 Å². The van der Waals surface area contributed by atoms with E-state index in [9.17, 15) is 10.1 Å². The largest absolute Gasteiger partial charge is 0.484 e. The van der Waals surface area contributed by atoms with Crippen LogP contribution in [0.5, 0.6) is 5.75 Å². The molecule has 0 radical (unpaired) electrons. The number of ether oxygens (including phenoxy) is 1. The van der Waals surface area contributed by atoms with E-state index in [-0.39, 0.29) is 18.0 Å². The van der Waals surface area contributed by atoms with E-state index in [0.717, 1.165) is 12.8 Å². The lowest BCUT2D eigenvalue weighted by atomic mass is 10.2. The fourth-order valence-corrected chi connectivity index (χ4v) is 1.81. The summed E-state index contributed by atoms with van der Waals surface area (Å²) in [5.41, 5.74) is 0.511. The molecule has 0 bridgehead atoms. The summed E-state index contributed by atoms with van der Waals surface area (Å²) in [6.07, 6.45) is 2.14. The number of nitrogens with zero attached hydrogens (tertiary/aromatic N) is 2. The summed E-state index contributed by atoms with van der Waals surface area (Å²) in [6, 6.07) is 6.97. The van der Waals surface area contributed by atoms with Gasteiger partial charge in [0.1, 0.15) is 12.6 Å². The first kappa shape index (κ1) is 13.3. The fraction of sp³-hybridized carbons (Fsp3) is 0.462. The lowest BCUT2D eigenvalue weighted by Gasteiger charge is -2.12. The highest BCUT2D eigenvalue weighted by Gasteiger charge is 2.25. The monoisotopic (exact) mass is 261 g/mol. The van der Waals surface area contributed by atoms with E-state index in [1.165, 1.54) is 0 Å². The number of nitro benzene ring substituents is 1. The molecule has 1 N–H and O–H groups in total. The molecule has 0 aromatic heterocycles. The van der Waals surface area contributed by atoms with Gasteiger partial charge < -0.3 is 4.74 Å². The Labute approximate surface area is 111 Å². The van der Waals surface area contributed by atoms with Gasteiger partial charge in [0.25, 0.3) is 0 Å². The zero-order valence-electron chi connectivity index (χ0n) is 10.6. The molecule has 1 aromatic rings. The third-order valence-corrected chi connectivity index (χ3v) is 2.96. The van der Waals surface area contributed by atoms with Crippen LogP contribution in [0.15, 0.2) is 18.2 Å². The zero-order chi connectivity index (χ0) is 13.8. The van der Waals surface area contributed by atoms with Crippen molar-refractivity contribution in [1.82, 2.24) is 5.32 Å². The van der Waals surface area contributed by atoms with Crippen LogP contribution in [0.1, 0.15) is 18.4 Å². The Morgan fingerprint density at radius 1 is 1.63 bits per heavy atom. The highest BCUT2D eigenvalue weighted by atomic mass is 16.6. The highest BCUT2D eigenvalue weighted by molar-refractivity contribution is 5.52. The van der Waals surface area contributed by atoms with Crippen molar-refractivity contribution in [2.24, 2.45) is 0 Å². The number of nitriles is 1. The minimum atomic E-state index is -0.458. The molecule has 1 aliphatic carbocycles. The summed E-state index contributed by atoms with van der Waals surface area (Å²) in [5, 5.41) is 23.1. The van der Waals surface area contributed by atoms with Gasteiger partial charge in [-0.1, -0.05) is 12.1 Å². The van der Waals surface area contributed by atoms with Gasteiger partial charge in [-0.15, -0.1) is 0 Å². The molecule has 0 heterocycles. The van der Waals surface area contributed by atoms with E-state index in [4.69, 9.17) is 10.00 Å². The van der Waals surface area contributed by atoms with Gasteiger partial charge in [-0.25, -0.2) is 0 Å². The molecule has 0 amide bonds. The Morgan fingerprint density at radius 2 is 2.37 bits per heavy atom. The zero-order valence-corrected chi connectivity index (χ0v) is 10.6. The maximum atomic E-state index is 11.0. The maximum absolute atomic E-state index is 11.0. The number of aryl methyl sites for hydroxylation is 1. The summed E-state index contributed by atoms with van der Waals surface area (Å²) < 4.78 is 5.43. The Kier molecular flexibility index (Phi) is 3.97. The van der Waals surface area contributed by atoms with Crippen LogP contribution in [-0.2, 0) is 0 Å². The summed E-state index contributed by atoms with van der Waals surface area (Å²) in [4.78, 5) is 10.5. The molecule has 0 aliphatic heterocycles. The van der Waals surface area contributed by atoms with Gasteiger partial charge >= 0.3 is 5.69 Å². The Hall–Kier alpha value is -2.13. The van der Waals surface area contributed by atoms with Crippen LogP contribution in [0.25, 0.3) is 0 Å². The van der Waals surface area contributed by atoms with Crippen LogP contribution in [-0.4, -0.2) is 23.6 Å². The minimum Gasteiger partial charge on any atom is -0.484 e. The lowest BCUT2D eigenvalue weighted by Crippen LogP contribution is -2.34. The molecule has 0 spiro atoms. The number of nitrogens with one attached hydrogen (secondary N) is 1. The number of rotatable bonds is 6.